The second-order valence-corrected chi connectivity index (χ2v) is 11.8. The van der Waals surface area contributed by atoms with Crippen molar-refractivity contribution in [3.63, 3.8) is 0 Å². The predicted molar refractivity (Wildman–Crippen MR) is 152 cm³/mol. The van der Waals surface area contributed by atoms with Crippen LogP contribution < -0.4 is 5.32 Å². The summed E-state index contributed by atoms with van der Waals surface area (Å²) >= 11 is 3.44. The molecule has 0 aromatic heterocycles. The van der Waals surface area contributed by atoms with Crippen LogP contribution in [0, 0.1) is 5.92 Å². The number of hydrogen-bond donors (Lipinski definition) is 2. The molecule has 0 heterocycles. The summed E-state index contributed by atoms with van der Waals surface area (Å²) in [7, 11) is -3.98. The predicted octanol–water partition coefficient (Wildman–Crippen LogP) is 5.87. The molecule has 6 nitrogen and oxygen atoms in total. The Morgan fingerprint density at radius 3 is 1.87 bits per heavy atom. The molecule has 0 bridgehead atoms. The number of hydrogen-bond acceptors (Lipinski definition) is 4. The number of carbonyl (C=O) groups is 1. The Kier molecular flexibility index (Phi) is 9.47. The van der Waals surface area contributed by atoms with Gasteiger partial charge in [0.05, 0.1) is 10.8 Å². The lowest BCUT2D eigenvalue weighted by molar-refractivity contribution is -0.143. The molecule has 8 heteroatoms. The first-order valence-corrected chi connectivity index (χ1v) is 14.4. The minimum atomic E-state index is -3.98. The quantitative estimate of drug-likeness (QED) is 0.215. The van der Waals surface area contributed by atoms with E-state index in [1.807, 2.05) is 84.9 Å². The summed E-state index contributed by atoms with van der Waals surface area (Å²) in [6.07, 6.45) is 0. The molecule has 4 aromatic rings. The summed E-state index contributed by atoms with van der Waals surface area (Å²) in [5.74, 6) is -2.15. The Balaban J connectivity index is 1.72. The highest BCUT2D eigenvalue weighted by molar-refractivity contribution is 9.10. The molecule has 0 aliphatic heterocycles. The molecule has 0 saturated heterocycles. The molecule has 196 valence electrons. The van der Waals surface area contributed by atoms with E-state index in [9.17, 15) is 18.3 Å². The van der Waals surface area contributed by atoms with Crippen molar-refractivity contribution in [3.8, 4) is 0 Å². The van der Waals surface area contributed by atoms with Crippen molar-refractivity contribution >= 4 is 31.9 Å². The number of rotatable bonds is 12. The van der Waals surface area contributed by atoms with Crippen molar-refractivity contribution in [2.24, 2.45) is 5.92 Å². The summed E-state index contributed by atoms with van der Waals surface area (Å²) in [6.45, 7) is 0.257. The van der Waals surface area contributed by atoms with Crippen LogP contribution in [0.2, 0.25) is 0 Å². The molecule has 0 radical (unpaired) electrons. The van der Waals surface area contributed by atoms with Crippen molar-refractivity contribution < 1.29 is 18.3 Å². The van der Waals surface area contributed by atoms with Crippen molar-refractivity contribution in [2.45, 2.75) is 24.0 Å². The monoisotopic (exact) mass is 592 g/mol. The van der Waals surface area contributed by atoms with E-state index in [0.29, 0.717) is 6.54 Å². The van der Waals surface area contributed by atoms with Gasteiger partial charge in [-0.25, -0.2) is 8.42 Å². The summed E-state index contributed by atoms with van der Waals surface area (Å²) in [5.41, 5.74) is 2.53. The van der Waals surface area contributed by atoms with E-state index in [4.69, 9.17) is 0 Å². The number of carboxylic acids is 1. The molecule has 0 spiro atoms. The smallest absolute Gasteiger partial charge is 0.309 e. The fourth-order valence-corrected chi connectivity index (χ4v) is 6.05. The average Bonchev–Trinajstić information content (AvgIpc) is 2.94. The molecule has 4 aromatic carbocycles. The van der Waals surface area contributed by atoms with E-state index in [1.54, 1.807) is 18.2 Å². The zero-order chi connectivity index (χ0) is 27.0. The molecule has 2 N–H and O–H groups in total. The number of aliphatic carboxylic acids is 1. The lowest BCUT2D eigenvalue weighted by atomic mass is 9.92. The lowest BCUT2D eigenvalue weighted by Crippen LogP contribution is -2.43. The number of sulfonamides is 1. The molecule has 38 heavy (non-hydrogen) atoms. The average molecular weight is 594 g/mol. The zero-order valence-electron chi connectivity index (χ0n) is 20.7. The zero-order valence-corrected chi connectivity index (χ0v) is 23.1. The minimum absolute atomic E-state index is 0.0492. The second kappa shape index (κ2) is 13.0. The maximum atomic E-state index is 13.8. The Bertz CT molecular complexity index is 1420. The van der Waals surface area contributed by atoms with Crippen LogP contribution in [0.5, 0.6) is 0 Å². The van der Waals surface area contributed by atoms with Crippen molar-refractivity contribution in [1.82, 2.24) is 9.62 Å². The third-order valence-electron chi connectivity index (χ3n) is 6.30. The van der Waals surface area contributed by atoms with Crippen LogP contribution in [-0.4, -0.2) is 30.3 Å². The Hall–Kier alpha value is -3.30. The van der Waals surface area contributed by atoms with Crippen LogP contribution >= 0.6 is 15.9 Å². The number of carboxylic acid groups (broad SMARTS) is 1. The van der Waals surface area contributed by atoms with Crippen LogP contribution in [0.3, 0.4) is 0 Å². The molecular formula is C30H29BrN2O4S. The van der Waals surface area contributed by atoms with Gasteiger partial charge in [0.15, 0.2) is 0 Å². The first-order valence-electron chi connectivity index (χ1n) is 12.2. The van der Waals surface area contributed by atoms with Crippen LogP contribution in [0.15, 0.2) is 125 Å². The summed E-state index contributed by atoms with van der Waals surface area (Å²) in [5, 5.41) is 13.8. The van der Waals surface area contributed by atoms with Crippen molar-refractivity contribution in [1.29, 1.82) is 0 Å². The Morgan fingerprint density at radius 1 is 0.789 bits per heavy atom. The van der Waals surface area contributed by atoms with Gasteiger partial charge in [-0.15, -0.1) is 0 Å². The van der Waals surface area contributed by atoms with Gasteiger partial charge in [0.25, 0.3) is 0 Å². The maximum absolute atomic E-state index is 13.8. The maximum Gasteiger partial charge on any atom is 0.309 e. The van der Waals surface area contributed by atoms with Crippen molar-refractivity contribution in [3.05, 3.63) is 136 Å². The molecule has 0 amide bonds. The number of nitrogens with one attached hydrogen (secondary N) is 1. The third-order valence-corrected chi connectivity index (χ3v) is 8.66. The molecule has 2 unspecified atom stereocenters. The van der Waals surface area contributed by atoms with Crippen LogP contribution in [0.4, 0.5) is 0 Å². The van der Waals surface area contributed by atoms with E-state index < -0.39 is 28.0 Å². The van der Waals surface area contributed by atoms with Crippen molar-refractivity contribution in [2.75, 3.05) is 6.54 Å². The molecule has 4 rings (SSSR count). The fraction of sp³-hybridized carbons (Fsp3) is 0.167. The normalized spacial score (nSPS) is 13.2. The SMILES string of the molecule is O=C(O)C(CN(Cc1ccccc1)S(=O)(=O)c1ccccc1)C(NCc1ccccc1)c1ccc(Br)cc1. The first kappa shape index (κ1) is 27.7. The van der Waals surface area contributed by atoms with Gasteiger partial charge in [0.1, 0.15) is 0 Å². The first-order chi connectivity index (χ1) is 18.3. The van der Waals surface area contributed by atoms with Gasteiger partial charge in [-0.3, -0.25) is 4.79 Å². The van der Waals surface area contributed by atoms with Gasteiger partial charge in [0.2, 0.25) is 10.0 Å². The summed E-state index contributed by atoms with van der Waals surface area (Å²) in [4.78, 5) is 12.9. The lowest BCUT2D eigenvalue weighted by Gasteiger charge is -2.31. The van der Waals surface area contributed by atoms with Gasteiger partial charge in [-0.2, -0.15) is 4.31 Å². The van der Waals surface area contributed by atoms with Gasteiger partial charge in [-0.1, -0.05) is 107 Å². The highest BCUT2D eigenvalue weighted by Crippen LogP contribution is 2.29. The molecule has 0 aliphatic rings. The number of nitrogens with zero attached hydrogens (tertiary/aromatic N) is 1. The van der Waals surface area contributed by atoms with E-state index >= 15 is 0 Å². The topological polar surface area (TPSA) is 86.7 Å². The number of benzene rings is 4. The van der Waals surface area contributed by atoms with E-state index in [-0.39, 0.29) is 18.0 Å². The standard InChI is InChI=1S/C30H29BrN2O4S/c31-26-18-16-25(17-19-26)29(32-20-23-10-4-1-5-11-23)28(30(34)35)22-33(21-24-12-6-2-7-13-24)38(36,37)27-14-8-3-9-15-27/h1-19,28-29,32H,20-22H2,(H,34,35). The molecule has 2 atom stereocenters. The minimum Gasteiger partial charge on any atom is -0.481 e. The highest BCUT2D eigenvalue weighted by atomic mass is 79.9. The van der Waals surface area contributed by atoms with Crippen LogP contribution in [0.1, 0.15) is 22.7 Å². The van der Waals surface area contributed by atoms with E-state index in [2.05, 4.69) is 21.2 Å². The molecule has 0 saturated carbocycles. The van der Waals surface area contributed by atoms with Gasteiger partial charge in [0, 0.05) is 30.1 Å². The molecule has 0 aliphatic carbocycles. The van der Waals surface area contributed by atoms with Crippen LogP contribution in [-0.2, 0) is 27.9 Å². The molecule has 0 fully saturated rings. The van der Waals surface area contributed by atoms with E-state index in [0.717, 1.165) is 21.2 Å². The highest BCUT2D eigenvalue weighted by Gasteiger charge is 2.35. The largest absolute Gasteiger partial charge is 0.481 e. The van der Waals surface area contributed by atoms with E-state index in [1.165, 1.54) is 16.4 Å². The third kappa shape index (κ3) is 7.17. The summed E-state index contributed by atoms with van der Waals surface area (Å²) < 4.78 is 29.7. The van der Waals surface area contributed by atoms with Gasteiger partial charge >= 0.3 is 5.97 Å². The Morgan fingerprint density at radius 2 is 1.32 bits per heavy atom. The van der Waals surface area contributed by atoms with Gasteiger partial charge in [-0.05, 0) is 41.0 Å². The molecular weight excluding hydrogens is 564 g/mol. The van der Waals surface area contributed by atoms with Gasteiger partial charge < -0.3 is 10.4 Å². The Labute approximate surface area is 232 Å². The number of halogens is 1. The van der Waals surface area contributed by atoms with Crippen LogP contribution in [0.25, 0.3) is 0 Å². The summed E-state index contributed by atoms with van der Waals surface area (Å²) in [6, 6.07) is 33.8. The second-order valence-electron chi connectivity index (χ2n) is 8.94. The fourth-order valence-electron chi connectivity index (χ4n) is 4.31.